The second-order valence-electron chi connectivity index (χ2n) is 5.40. The van der Waals surface area contributed by atoms with Crippen molar-refractivity contribution < 1.29 is 14.7 Å². The number of carbonyl (C=O) groups excluding carboxylic acids is 2. The molecule has 0 fully saturated rings. The average molecular weight is 224 g/mol. The molecule has 1 N–H and O–H groups in total. The highest BCUT2D eigenvalue weighted by molar-refractivity contribution is 6.08. The van der Waals surface area contributed by atoms with Crippen molar-refractivity contribution in [3.63, 3.8) is 0 Å². The molecule has 1 rings (SSSR count). The largest absolute Gasteiger partial charge is 0.393 e. The molecule has 0 spiro atoms. The third-order valence-electron chi connectivity index (χ3n) is 3.08. The SMILES string of the molecule is CC(=O)CC(=O)C1=C(C)C[C@H](O)CC1(C)C. The second kappa shape index (κ2) is 4.50. The summed E-state index contributed by atoms with van der Waals surface area (Å²) in [5.74, 6) is -0.186. The average Bonchev–Trinajstić information content (AvgIpc) is 1.96. The van der Waals surface area contributed by atoms with Crippen molar-refractivity contribution in [2.24, 2.45) is 5.41 Å². The van der Waals surface area contributed by atoms with Gasteiger partial charge in [-0.3, -0.25) is 9.59 Å². The number of allylic oxidation sites excluding steroid dienone is 1. The lowest BCUT2D eigenvalue weighted by Crippen LogP contribution is -2.33. The molecule has 1 atom stereocenters. The van der Waals surface area contributed by atoms with E-state index in [9.17, 15) is 14.7 Å². The van der Waals surface area contributed by atoms with Crippen LogP contribution in [-0.4, -0.2) is 22.8 Å². The molecular formula is C13H20O3. The Hall–Kier alpha value is -0.960. The lowest BCUT2D eigenvalue weighted by atomic mass is 9.69. The van der Waals surface area contributed by atoms with Gasteiger partial charge in [0.05, 0.1) is 12.5 Å². The maximum atomic E-state index is 12.0. The molecule has 0 saturated heterocycles. The van der Waals surface area contributed by atoms with Crippen LogP contribution in [0.15, 0.2) is 11.1 Å². The summed E-state index contributed by atoms with van der Waals surface area (Å²) in [4.78, 5) is 23.0. The molecule has 90 valence electrons. The lowest BCUT2D eigenvalue weighted by Gasteiger charge is -2.36. The molecule has 0 amide bonds. The van der Waals surface area contributed by atoms with Crippen molar-refractivity contribution in [1.29, 1.82) is 0 Å². The minimum atomic E-state index is -0.371. The first kappa shape index (κ1) is 13.1. The Labute approximate surface area is 96.5 Å². The monoisotopic (exact) mass is 224 g/mol. The molecule has 0 aromatic rings. The number of hydrogen-bond acceptors (Lipinski definition) is 3. The third-order valence-corrected chi connectivity index (χ3v) is 3.08. The molecular weight excluding hydrogens is 204 g/mol. The number of Topliss-reactive ketones (excluding diaryl/α,β-unsaturated/α-hetero) is 2. The number of ketones is 2. The van der Waals surface area contributed by atoms with Gasteiger partial charge in [0.15, 0.2) is 5.78 Å². The zero-order valence-corrected chi connectivity index (χ0v) is 10.5. The highest BCUT2D eigenvalue weighted by atomic mass is 16.3. The van der Waals surface area contributed by atoms with Crippen molar-refractivity contribution in [2.75, 3.05) is 0 Å². The molecule has 1 aliphatic rings. The van der Waals surface area contributed by atoms with Gasteiger partial charge in [-0.05, 0) is 32.1 Å². The number of carbonyl (C=O) groups is 2. The first-order valence-corrected chi connectivity index (χ1v) is 5.65. The standard InChI is InChI=1S/C13H20O3/c1-8-5-10(15)7-13(3,4)12(8)11(16)6-9(2)14/h10,15H,5-7H2,1-4H3/t10-/m0/s1. The predicted molar refractivity (Wildman–Crippen MR) is 62.0 cm³/mol. The molecule has 16 heavy (non-hydrogen) atoms. The van der Waals surface area contributed by atoms with Crippen molar-refractivity contribution >= 4 is 11.6 Å². The summed E-state index contributed by atoms with van der Waals surface area (Å²) >= 11 is 0. The van der Waals surface area contributed by atoms with Gasteiger partial charge < -0.3 is 5.11 Å². The number of rotatable bonds is 3. The van der Waals surface area contributed by atoms with E-state index in [-0.39, 0.29) is 29.5 Å². The number of aliphatic hydroxyl groups excluding tert-OH is 1. The zero-order chi connectivity index (χ0) is 12.5. The molecule has 0 unspecified atom stereocenters. The van der Waals surface area contributed by atoms with Crippen LogP contribution in [0.5, 0.6) is 0 Å². The Morgan fingerprint density at radius 3 is 2.44 bits per heavy atom. The molecule has 0 heterocycles. The van der Waals surface area contributed by atoms with Crippen LogP contribution in [0.1, 0.15) is 47.0 Å². The van der Waals surface area contributed by atoms with E-state index in [0.717, 1.165) is 11.1 Å². The fourth-order valence-electron chi connectivity index (χ4n) is 2.73. The zero-order valence-electron chi connectivity index (χ0n) is 10.5. The second-order valence-corrected chi connectivity index (χ2v) is 5.40. The smallest absolute Gasteiger partial charge is 0.166 e. The van der Waals surface area contributed by atoms with Gasteiger partial charge in [0.2, 0.25) is 0 Å². The fraction of sp³-hybridized carbons (Fsp3) is 0.692. The summed E-state index contributed by atoms with van der Waals surface area (Å²) in [5.41, 5.74) is 1.34. The summed E-state index contributed by atoms with van der Waals surface area (Å²) in [6.07, 6.45) is 0.738. The van der Waals surface area contributed by atoms with Gasteiger partial charge in [0, 0.05) is 5.57 Å². The van der Waals surface area contributed by atoms with Gasteiger partial charge in [0.1, 0.15) is 5.78 Å². The Morgan fingerprint density at radius 1 is 1.44 bits per heavy atom. The number of hydrogen-bond donors (Lipinski definition) is 1. The molecule has 0 aromatic carbocycles. The lowest BCUT2D eigenvalue weighted by molar-refractivity contribution is -0.124. The Bertz CT molecular complexity index is 350. The molecule has 0 bridgehead atoms. The van der Waals surface area contributed by atoms with Crippen LogP contribution < -0.4 is 0 Å². The van der Waals surface area contributed by atoms with E-state index < -0.39 is 0 Å². The predicted octanol–water partition coefficient (Wildman–Crippen LogP) is 2.03. The van der Waals surface area contributed by atoms with E-state index in [4.69, 9.17) is 0 Å². The Morgan fingerprint density at radius 2 is 2.00 bits per heavy atom. The molecule has 1 aliphatic carbocycles. The summed E-state index contributed by atoms with van der Waals surface area (Å²) in [6.45, 7) is 7.20. The van der Waals surface area contributed by atoms with Gasteiger partial charge >= 0.3 is 0 Å². The van der Waals surface area contributed by atoms with E-state index in [1.807, 2.05) is 20.8 Å². The molecule has 0 radical (unpaired) electrons. The number of aliphatic hydroxyl groups is 1. The Balaban J connectivity index is 3.03. The maximum Gasteiger partial charge on any atom is 0.166 e. The van der Waals surface area contributed by atoms with Crippen LogP contribution in [0.25, 0.3) is 0 Å². The van der Waals surface area contributed by atoms with E-state index in [0.29, 0.717) is 12.8 Å². The third kappa shape index (κ3) is 2.79. The van der Waals surface area contributed by atoms with E-state index in [1.165, 1.54) is 6.92 Å². The Kier molecular flexibility index (Phi) is 3.68. The van der Waals surface area contributed by atoms with E-state index in [1.54, 1.807) is 0 Å². The van der Waals surface area contributed by atoms with Crippen LogP contribution >= 0.6 is 0 Å². The molecule has 3 heteroatoms. The van der Waals surface area contributed by atoms with Crippen LogP contribution in [0.4, 0.5) is 0 Å². The summed E-state index contributed by atoms with van der Waals surface area (Å²) in [5, 5.41) is 9.68. The van der Waals surface area contributed by atoms with Gasteiger partial charge in [-0.15, -0.1) is 0 Å². The molecule has 0 saturated carbocycles. The van der Waals surface area contributed by atoms with E-state index in [2.05, 4.69) is 0 Å². The minimum absolute atomic E-state index is 0.0216. The first-order valence-electron chi connectivity index (χ1n) is 5.65. The summed E-state index contributed by atoms with van der Waals surface area (Å²) in [7, 11) is 0. The van der Waals surface area contributed by atoms with Crippen molar-refractivity contribution in [1.82, 2.24) is 0 Å². The highest BCUT2D eigenvalue weighted by Crippen LogP contribution is 2.41. The van der Waals surface area contributed by atoms with Gasteiger partial charge in [-0.1, -0.05) is 19.4 Å². The summed E-state index contributed by atoms with van der Waals surface area (Å²) < 4.78 is 0. The molecule has 3 nitrogen and oxygen atoms in total. The van der Waals surface area contributed by atoms with Gasteiger partial charge in [0.25, 0.3) is 0 Å². The highest BCUT2D eigenvalue weighted by Gasteiger charge is 2.36. The first-order chi connectivity index (χ1) is 7.24. The minimum Gasteiger partial charge on any atom is -0.393 e. The molecule has 0 aliphatic heterocycles. The van der Waals surface area contributed by atoms with Gasteiger partial charge in [-0.2, -0.15) is 0 Å². The van der Waals surface area contributed by atoms with Crippen LogP contribution in [0.3, 0.4) is 0 Å². The quantitative estimate of drug-likeness (QED) is 0.746. The maximum absolute atomic E-state index is 12.0. The molecule has 0 aromatic heterocycles. The fourth-order valence-corrected chi connectivity index (χ4v) is 2.73. The van der Waals surface area contributed by atoms with Crippen molar-refractivity contribution in [3.05, 3.63) is 11.1 Å². The van der Waals surface area contributed by atoms with Gasteiger partial charge in [-0.25, -0.2) is 0 Å². The van der Waals surface area contributed by atoms with E-state index >= 15 is 0 Å². The van der Waals surface area contributed by atoms with Crippen LogP contribution in [-0.2, 0) is 9.59 Å². The van der Waals surface area contributed by atoms with Crippen LogP contribution in [0, 0.1) is 5.41 Å². The topological polar surface area (TPSA) is 54.4 Å². The summed E-state index contributed by atoms with van der Waals surface area (Å²) in [6, 6.07) is 0. The normalized spacial score (nSPS) is 24.4. The van der Waals surface area contributed by atoms with Crippen LogP contribution in [0.2, 0.25) is 0 Å². The van der Waals surface area contributed by atoms with Crippen molar-refractivity contribution in [2.45, 2.75) is 53.1 Å². The van der Waals surface area contributed by atoms with Crippen molar-refractivity contribution in [3.8, 4) is 0 Å².